The smallest absolute Gasteiger partial charge is 0.314 e. The summed E-state index contributed by atoms with van der Waals surface area (Å²) in [5, 5.41) is 2.91. The fourth-order valence-electron chi connectivity index (χ4n) is 3.10. The largest absolute Gasteiger partial charge is 0.416 e. The molecule has 1 saturated heterocycles. The topological polar surface area (TPSA) is 15.3 Å². The molecular formula is C16H18ClF9N2. The molecule has 0 spiro atoms. The van der Waals surface area contributed by atoms with E-state index >= 15 is 0 Å². The maximum atomic E-state index is 13.3. The summed E-state index contributed by atoms with van der Waals surface area (Å²) >= 11 is 0. The van der Waals surface area contributed by atoms with E-state index in [9.17, 15) is 39.5 Å². The predicted octanol–water partition coefficient (Wildman–Crippen LogP) is 5.43. The summed E-state index contributed by atoms with van der Waals surface area (Å²) in [7, 11) is 0. The van der Waals surface area contributed by atoms with Gasteiger partial charge in [-0.2, -0.15) is 39.5 Å². The number of rotatable bonds is 4. The van der Waals surface area contributed by atoms with Crippen LogP contribution >= 0.6 is 12.4 Å². The molecule has 0 aromatic heterocycles. The second kappa shape index (κ2) is 9.08. The molecule has 162 valence electrons. The molecule has 1 atom stereocenters. The molecule has 0 aliphatic carbocycles. The first kappa shape index (κ1) is 24.8. The third-order valence-corrected chi connectivity index (χ3v) is 4.34. The van der Waals surface area contributed by atoms with E-state index in [2.05, 4.69) is 5.32 Å². The summed E-state index contributed by atoms with van der Waals surface area (Å²) in [6.07, 6.45) is -16.7. The fourth-order valence-corrected chi connectivity index (χ4v) is 3.10. The van der Waals surface area contributed by atoms with Gasteiger partial charge in [0.15, 0.2) is 0 Å². The van der Waals surface area contributed by atoms with E-state index in [1.807, 2.05) is 0 Å². The molecule has 1 aromatic rings. The molecule has 0 bridgehead atoms. The van der Waals surface area contributed by atoms with Gasteiger partial charge in [-0.25, -0.2) is 0 Å². The monoisotopic (exact) mass is 444 g/mol. The molecular weight excluding hydrogens is 427 g/mol. The Balaban J connectivity index is 0.00000392. The van der Waals surface area contributed by atoms with Crippen molar-refractivity contribution in [3.05, 3.63) is 34.9 Å². The summed E-state index contributed by atoms with van der Waals surface area (Å²) in [6.45, 7) is 0.914. The number of hydrogen-bond donors (Lipinski definition) is 1. The summed E-state index contributed by atoms with van der Waals surface area (Å²) < 4.78 is 117. The first-order chi connectivity index (χ1) is 12.3. The Bertz CT molecular complexity index is 634. The lowest BCUT2D eigenvalue weighted by molar-refractivity contribution is -0.144. The van der Waals surface area contributed by atoms with Crippen LogP contribution in [-0.2, 0) is 12.4 Å². The highest BCUT2D eigenvalue weighted by molar-refractivity contribution is 5.85. The molecule has 1 N–H and O–H groups in total. The van der Waals surface area contributed by atoms with Gasteiger partial charge in [-0.05, 0) is 30.2 Å². The standard InChI is InChI=1S/C16H17F9N2.ClH/c17-14(18,19)4-3-13(27-7-5-26-6-8-27)11-9-10(15(20,21)22)1-2-12(11)16(23,24)25;/h1-2,9,13,26H,3-8H2;1H/t13-;/m0./s1. The minimum absolute atomic E-state index is 0. The number of benzene rings is 1. The Morgan fingerprint density at radius 3 is 1.93 bits per heavy atom. The quantitative estimate of drug-likeness (QED) is 0.623. The van der Waals surface area contributed by atoms with Crippen LogP contribution in [0.4, 0.5) is 39.5 Å². The van der Waals surface area contributed by atoms with Crippen LogP contribution in [0.25, 0.3) is 0 Å². The Hall–Kier alpha value is -1.20. The van der Waals surface area contributed by atoms with Crippen molar-refractivity contribution in [2.75, 3.05) is 26.2 Å². The normalized spacial score (nSPS) is 17.9. The third-order valence-electron chi connectivity index (χ3n) is 4.34. The van der Waals surface area contributed by atoms with Crippen molar-refractivity contribution in [2.24, 2.45) is 0 Å². The Kier molecular flexibility index (Phi) is 8.06. The first-order valence-corrected chi connectivity index (χ1v) is 8.09. The van der Waals surface area contributed by atoms with E-state index in [1.165, 1.54) is 4.90 Å². The van der Waals surface area contributed by atoms with Gasteiger partial charge in [0.25, 0.3) is 0 Å². The molecule has 0 saturated carbocycles. The number of nitrogens with one attached hydrogen (secondary N) is 1. The van der Waals surface area contributed by atoms with Crippen molar-refractivity contribution >= 4 is 12.4 Å². The van der Waals surface area contributed by atoms with Crippen molar-refractivity contribution < 1.29 is 39.5 Å². The second-order valence-electron chi connectivity index (χ2n) is 6.25. The van der Waals surface area contributed by atoms with Crippen LogP contribution in [0.3, 0.4) is 0 Å². The highest BCUT2D eigenvalue weighted by Gasteiger charge is 2.41. The highest BCUT2D eigenvalue weighted by Crippen LogP contribution is 2.42. The zero-order chi connectivity index (χ0) is 20.5. The molecule has 2 rings (SSSR count). The molecule has 0 radical (unpaired) electrons. The van der Waals surface area contributed by atoms with Crippen molar-refractivity contribution in [1.82, 2.24) is 10.2 Å². The number of nitrogens with zero attached hydrogens (tertiary/aromatic N) is 1. The lowest BCUT2D eigenvalue weighted by Crippen LogP contribution is -2.45. The molecule has 1 aromatic carbocycles. The molecule has 0 amide bonds. The molecule has 1 aliphatic heterocycles. The van der Waals surface area contributed by atoms with Crippen LogP contribution in [0, 0.1) is 0 Å². The van der Waals surface area contributed by atoms with Crippen LogP contribution < -0.4 is 5.32 Å². The van der Waals surface area contributed by atoms with Crippen LogP contribution in [0.2, 0.25) is 0 Å². The Labute approximate surface area is 161 Å². The summed E-state index contributed by atoms with van der Waals surface area (Å²) in [5.74, 6) is 0. The Morgan fingerprint density at radius 2 is 1.46 bits per heavy atom. The van der Waals surface area contributed by atoms with Gasteiger partial charge in [0.2, 0.25) is 0 Å². The van der Waals surface area contributed by atoms with Crippen molar-refractivity contribution in [2.45, 2.75) is 37.4 Å². The number of halogens is 10. The van der Waals surface area contributed by atoms with Crippen LogP contribution in [0.1, 0.15) is 35.6 Å². The van der Waals surface area contributed by atoms with E-state index in [-0.39, 0.29) is 25.5 Å². The van der Waals surface area contributed by atoms with Gasteiger partial charge in [0.1, 0.15) is 0 Å². The average molecular weight is 445 g/mol. The molecule has 12 heteroatoms. The lowest BCUT2D eigenvalue weighted by Gasteiger charge is -2.36. The van der Waals surface area contributed by atoms with Gasteiger partial charge in [-0.1, -0.05) is 0 Å². The van der Waals surface area contributed by atoms with E-state index < -0.39 is 54.1 Å². The summed E-state index contributed by atoms with van der Waals surface area (Å²) in [5.41, 5.74) is -3.44. The minimum Gasteiger partial charge on any atom is -0.314 e. The molecule has 1 heterocycles. The number of alkyl halides is 9. The van der Waals surface area contributed by atoms with Crippen LogP contribution in [0.15, 0.2) is 18.2 Å². The summed E-state index contributed by atoms with van der Waals surface area (Å²) in [6, 6.07) is -0.509. The average Bonchev–Trinajstić information content (AvgIpc) is 2.53. The SMILES string of the molecule is Cl.FC(F)(F)CC[C@@H](c1cc(C(F)(F)F)ccc1C(F)(F)F)N1CCNCC1. The third kappa shape index (κ3) is 6.70. The van der Waals surface area contributed by atoms with Gasteiger partial charge in [0.05, 0.1) is 11.1 Å². The minimum atomic E-state index is -4.98. The molecule has 1 aliphatic rings. The second-order valence-corrected chi connectivity index (χ2v) is 6.25. The highest BCUT2D eigenvalue weighted by atomic mass is 35.5. The lowest BCUT2D eigenvalue weighted by atomic mass is 9.92. The van der Waals surface area contributed by atoms with Crippen molar-refractivity contribution in [3.63, 3.8) is 0 Å². The molecule has 28 heavy (non-hydrogen) atoms. The van der Waals surface area contributed by atoms with Crippen LogP contribution in [-0.4, -0.2) is 37.3 Å². The number of piperazine rings is 1. The van der Waals surface area contributed by atoms with Gasteiger partial charge in [-0.15, -0.1) is 12.4 Å². The van der Waals surface area contributed by atoms with E-state index in [1.54, 1.807) is 0 Å². The first-order valence-electron chi connectivity index (χ1n) is 8.09. The van der Waals surface area contributed by atoms with Gasteiger partial charge < -0.3 is 5.32 Å². The Morgan fingerprint density at radius 1 is 0.893 bits per heavy atom. The predicted molar refractivity (Wildman–Crippen MR) is 86.2 cm³/mol. The summed E-state index contributed by atoms with van der Waals surface area (Å²) in [4.78, 5) is 1.37. The number of hydrogen-bond acceptors (Lipinski definition) is 2. The zero-order valence-electron chi connectivity index (χ0n) is 14.3. The van der Waals surface area contributed by atoms with E-state index in [4.69, 9.17) is 0 Å². The molecule has 2 nitrogen and oxygen atoms in total. The van der Waals surface area contributed by atoms with E-state index in [0.717, 1.165) is 0 Å². The van der Waals surface area contributed by atoms with Crippen LogP contribution in [0.5, 0.6) is 0 Å². The molecule has 0 unspecified atom stereocenters. The van der Waals surface area contributed by atoms with Gasteiger partial charge >= 0.3 is 18.5 Å². The van der Waals surface area contributed by atoms with Crippen molar-refractivity contribution in [3.8, 4) is 0 Å². The fraction of sp³-hybridized carbons (Fsp3) is 0.625. The maximum absolute atomic E-state index is 13.3. The van der Waals surface area contributed by atoms with E-state index in [0.29, 0.717) is 31.3 Å². The molecule has 1 fully saturated rings. The van der Waals surface area contributed by atoms with Gasteiger partial charge in [0, 0.05) is 38.6 Å². The zero-order valence-corrected chi connectivity index (χ0v) is 15.1. The van der Waals surface area contributed by atoms with Gasteiger partial charge in [-0.3, -0.25) is 4.90 Å². The van der Waals surface area contributed by atoms with Crippen molar-refractivity contribution in [1.29, 1.82) is 0 Å². The maximum Gasteiger partial charge on any atom is 0.416 e.